The van der Waals surface area contributed by atoms with Crippen LogP contribution in [0, 0.1) is 6.92 Å². The SMILES string of the molecule is Cc1ccc(O)c(C2(C(=O)O)CCCC2)c1. The van der Waals surface area contributed by atoms with Crippen molar-refractivity contribution in [1.29, 1.82) is 0 Å². The zero-order valence-electron chi connectivity index (χ0n) is 9.36. The van der Waals surface area contributed by atoms with E-state index < -0.39 is 11.4 Å². The van der Waals surface area contributed by atoms with Crippen LogP contribution >= 0.6 is 0 Å². The van der Waals surface area contributed by atoms with Crippen LogP contribution in [0.1, 0.15) is 36.8 Å². The summed E-state index contributed by atoms with van der Waals surface area (Å²) in [4.78, 5) is 11.5. The van der Waals surface area contributed by atoms with Crippen LogP contribution in [0.4, 0.5) is 0 Å². The molecule has 1 saturated carbocycles. The van der Waals surface area contributed by atoms with Gasteiger partial charge >= 0.3 is 5.97 Å². The number of carboxylic acid groups (broad SMARTS) is 1. The number of hydrogen-bond donors (Lipinski definition) is 2. The molecule has 3 heteroatoms. The molecule has 0 aliphatic heterocycles. The minimum atomic E-state index is -0.865. The summed E-state index contributed by atoms with van der Waals surface area (Å²) in [6.07, 6.45) is 3.08. The summed E-state index contributed by atoms with van der Waals surface area (Å²) in [5.41, 5.74) is 0.702. The highest BCUT2D eigenvalue weighted by Gasteiger charge is 2.44. The van der Waals surface area contributed by atoms with Crippen molar-refractivity contribution in [2.45, 2.75) is 38.0 Å². The fraction of sp³-hybridized carbons (Fsp3) is 0.462. The average molecular weight is 220 g/mol. The molecule has 2 N–H and O–H groups in total. The molecule has 0 radical (unpaired) electrons. The number of phenolic OH excluding ortho intramolecular Hbond substituents is 1. The van der Waals surface area contributed by atoms with Crippen LogP contribution in [0.5, 0.6) is 5.75 Å². The Morgan fingerprint density at radius 2 is 1.94 bits per heavy atom. The molecule has 0 heterocycles. The van der Waals surface area contributed by atoms with Gasteiger partial charge < -0.3 is 10.2 Å². The third-order valence-electron chi connectivity index (χ3n) is 3.53. The lowest BCUT2D eigenvalue weighted by Gasteiger charge is -2.25. The van der Waals surface area contributed by atoms with Gasteiger partial charge in [-0.05, 0) is 25.8 Å². The molecule has 2 rings (SSSR count). The number of carboxylic acids is 1. The van der Waals surface area contributed by atoms with E-state index >= 15 is 0 Å². The first-order chi connectivity index (χ1) is 7.56. The van der Waals surface area contributed by atoms with E-state index in [1.807, 2.05) is 6.92 Å². The van der Waals surface area contributed by atoms with Gasteiger partial charge in [-0.15, -0.1) is 0 Å². The monoisotopic (exact) mass is 220 g/mol. The zero-order chi connectivity index (χ0) is 11.8. The first-order valence-corrected chi connectivity index (χ1v) is 5.60. The van der Waals surface area contributed by atoms with Gasteiger partial charge in [-0.2, -0.15) is 0 Å². The molecule has 0 unspecified atom stereocenters. The smallest absolute Gasteiger partial charge is 0.314 e. The molecule has 3 nitrogen and oxygen atoms in total. The Morgan fingerprint density at radius 1 is 1.31 bits per heavy atom. The number of aromatic hydroxyl groups is 1. The maximum Gasteiger partial charge on any atom is 0.314 e. The highest BCUT2D eigenvalue weighted by molar-refractivity contribution is 5.83. The highest BCUT2D eigenvalue weighted by atomic mass is 16.4. The largest absolute Gasteiger partial charge is 0.508 e. The van der Waals surface area contributed by atoms with E-state index in [4.69, 9.17) is 0 Å². The predicted octanol–water partition coefficient (Wildman–Crippen LogP) is 2.60. The first-order valence-electron chi connectivity index (χ1n) is 5.60. The highest BCUT2D eigenvalue weighted by Crippen LogP contribution is 2.44. The van der Waals surface area contributed by atoms with E-state index in [0.29, 0.717) is 18.4 Å². The van der Waals surface area contributed by atoms with Crippen molar-refractivity contribution in [2.75, 3.05) is 0 Å². The Morgan fingerprint density at radius 3 is 2.50 bits per heavy atom. The number of phenols is 1. The molecule has 1 aliphatic rings. The second-order valence-electron chi connectivity index (χ2n) is 4.61. The lowest BCUT2D eigenvalue weighted by atomic mass is 9.78. The second-order valence-corrected chi connectivity index (χ2v) is 4.61. The van der Waals surface area contributed by atoms with Gasteiger partial charge in [0, 0.05) is 5.56 Å². The average Bonchev–Trinajstić information content (AvgIpc) is 2.71. The molecular formula is C13H16O3. The summed E-state index contributed by atoms with van der Waals surface area (Å²) in [7, 11) is 0. The molecule has 0 atom stereocenters. The van der Waals surface area contributed by atoms with Crippen LogP contribution in [0.2, 0.25) is 0 Å². The molecule has 0 amide bonds. The quantitative estimate of drug-likeness (QED) is 0.805. The van der Waals surface area contributed by atoms with Crippen molar-refractivity contribution in [2.24, 2.45) is 0 Å². The molecule has 16 heavy (non-hydrogen) atoms. The fourth-order valence-electron chi connectivity index (χ4n) is 2.61. The van der Waals surface area contributed by atoms with Crippen LogP contribution in [0.25, 0.3) is 0 Å². The number of hydrogen-bond acceptors (Lipinski definition) is 2. The van der Waals surface area contributed by atoms with E-state index in [9.17, 15) is 15.0 Å². The van der Waals surface area contributed by atoms with Gasteiger partial charge in [-0.3, -0.25) is 4.79 Å². The topological polar surface area (TPSA) is 57.5 Å². The maximum absolute atomic E-state index is 11.5. The standard InChI is InChI=1S/C13H16O3/c1-9-4-5-11(14)10(8-9)13(12(15)16)6-2-3-7-13/h4-5,8,14H,2-3,6-7H2,1H3,(H,15,16). The van der Waals surface area contributed by atoms with Gasteiger partial charge in [-0.25, -0.2) is 0 Å². The lowest BCUT2D eigenvalue weighted by molar-refractivity contribution is -0.143. The maximum atomic E-state index is 11.5. The van der Waals surface area contributed by atoms with Gasteiger partial charge in [-0.1, -0.05) is 30.5 Å². The molecular weight excluding hydrogens is 204 g/mol. The lowest BCUT2D eigenvalue weighted by Crippen LogP contribution is -2.32. The van der Waals surface area contributed by atoms with Gasteiger partial charge in [0.2, 0.25) is 0 Å². The molecule has 0 aromatic heterocycles. The number of aliphatic carboxylic acids is 1. The third-order valence-corrected chi connectivity index (χ3v) is 3.53. The summed E-state index contributed by atoms with van der Waals surface area (Å²) in [5, 5.41) is 19.3. The van der Waals surface area contributed by atoms with Crippen molar-refractivity contribution in [3.8, 4) is 5.75 Å². The second kappa shape index (κ2) is 3.81. The minimum Gasteiger partial charge on any atom is -0.508 e. The van der Waals surface area contributed by atoms with Gasteiger partial charge in [0.15, 0.2) is 0 Å². The van der Waals surface area contributed by atoms with Gasteiger partial charge in [0.05, 0.1) is 5.41 Å². The van der Waals surface area contributed by atoms with Crippen molar-refractivity contribution >= 4 is 5.97 Å². The van der Waals surface area contributed by atoms with Crippen LogP contribution in [0.15, 0.2) is 18.2 Å². The summed E-state index contributed by atoms with van der Waals surface area (Å²) in [5.74, 6) is -0.708. The molecule has 1 fully saturated rings. The van der Waals surface area contributed by atoms with Crippen LogP contribution in [-0.4, -0.2) is 16.2 Å². The van der Waals surface area contributed by atoms with Crippen LogP contribution < -0.4 is 0 Å². The molecule has 0 spiro atoms. The molecule has 0 saturated heterocycles. The van der Waals surface area contributed by atoms with Crippen LogP contribution in [0.3, 0.4) is 0 Å². The first kappa shape index (κ1) is 11.0. The third kappa shape index (κ3) is 1.56. The summed E-state index contributed by atoms with van der Waals surface area (Å²) < 4.78 is 0. The summed E-state index contributed by atoms with van der Waals surface area (Å²) >= 11 is 0. The number of rotatable bonds is 2. The Bertz CT molecular complexity index is 417. The Balaban J connectivity index is 2.55. The number of benzene rings is 1. The minimum absolute atomic E-state index is 0.106. The van der Waals surface area contributed by atoms with Crippen molar-refractivity contribution < 1.29 is 15.0 Å². The summed E-state index contributed by atoms with van der Waals surface area (Å²) in [6, 6.07) is 5.19. The van der Waals surface area contributed by atoms with E-state index in [1.165, 1.54) is 0 Å². The van der Waals surface area contributed by atoms with Gasteiger partial charge in [0.1, 0.15) is 5.75 Å². The summed E-state index contributed by atoms with van der Waals surface area (Å²) in [6.45, 7) is 1.91. The number of aryl methyl sites for hydroxylation is 1. The zero-order valence-corrected chi connectivity index (χ0v) is 9.36. The fourth-order valence-corrected chi connectivity index (χ4v) is 2.61. The van der Waals surface area contributed by atoms with Crippen molar-refractivity contribution in [1.82, 2.24) is 0 Å². The van der Waals surface area contributed by atoms with E-state index in [0.717, 1.165) is 18.4 Å². The molecule has 1 aromatic carbocycles. The molecule has 0 bridgehead atoms. The molecule has 1 aliphatic carbocycles. The van der Waals surface area contributed by atoms with E-state index in [-0.39, 0.29) is 5.75 Å². The normalized spacial score (nSPS) is 18.6. The van der Waals surface area contributed by atoms with Crippen molar-refractivity contribution in [3.63, 3.8) is 0 Å². The van der Waals surface area contributed by atoms with Crippen molar-refractivity contribution in [3.05, 3.63) is 29.3 Å². The predicted molar refractivity (Wildman–Crippen MR) is 60.6 cm³/mol. The van der Waals surface area contributed by atoms with E-state index in [2.05, 4.69) is 0 Å². The Hall–Kier alpha value is -1.51. The van der Waals surface area contributed by atoms with E-state index in [1.54, 1.807) is 18.2 Å². The molecule has 1 aromatic rings. The number of carbonyl (C=O) groups is 1. The van der Waals surface area contributed by atoms with Crippen LogP contribution in [-0.2, 0) is 10.2 Å². The Labute approximate surface area is 94.7 Å². The molecule has 86 valence electrons. The Kier molecular flexibility index (Phi) is 2.62. The van der Waals surface area contributed by atoms with Gasteiger partial charge in [0.25, 0.3) is 0 Å².